The minimum atomic E-state index is 0.0278. The first-order valence-corrected chi connectivity index (χ1v) is 8.12. The van der Waals surface area contributed by atoms with Crippen molar-refractivity contribution >= 4 is 5.91 Å². The molecule has 120 valence electrons. The number of amides is 1. The van der Waals surface area contributed by atoms with Crippen LogP contribution >= 0.6 is 0 Å². The highest BCUT2D eigenvalue weighted by Gasteiger charge is 2.21. The lowest BCUT2D eigenvalue weighted by Crippen LogP contribution is -2.34. The zero-order valence-electron chi connectivity index (χ0n) is 13.7. The lowest BCUT2D eigenvalue weighted by molar-refractivity contribution is 0.0757. The fourth-order valence-corrected chi connectivity index (χ4v) is 2.99. The van der Waals surface area contributed by atoms with Crippen LogP contribution in [0.2, 0.25) is 0 Å². The van der Waals surface area contributed by atoms with E-state index in [1.165, 1.54) is 11.1 Å². The Morgan fingerprint density at radius 1 is 1.17 bits per heavy atom. The summed E-state index contributed by atoms with van der Waals surface area (Å²) in [6, 6.07) is 11.9. The average Bonchev–Trinajstić information content (AvgIpc) is 2.83. The standard InChI is InChI=1S/C19H22N2O2/c1-3-16-5-4-6-18(20-16)19(22)21-11-9-14-7-8-17(23-2)13-15(14)10-12-21/h4-8,13H,3,9-12H2,1-2H3. The maximum Gasteiger partial charge on any atom is 0.272 e. The van der Waals surface area contributed by atoms with E-state index in [0.29, 0.717) is 5.69 Å². The van der Waals surface area contributed by atoms with E-state index in [1.54, 1.807) is 7.11 Å². The zero-order valence-corrected chi connectivity index (χ0v) is 13.7. The molecule has 2 aromatic rings. The fourth-order valence-electron chi connectivity index (χ4n) is 2.99. The van der Waals surface area contributed by atoms with E-state index in [2.05, 4.69) is 17.1 Å². The molecule has 0 radical (unpaired) electrons. The molecule has 0 aliphatic carbocycles. The molecule has 4 nitrogen and oxygen atoms in total. The van der Waals surface area contributed by atoms with Gasteiger partial charge in [-0.05, 0) is 54.7 Å². The molecule has 0 bridgehead atoms. The topological polar surface area (TPSA) is 42.4 Å². The summed E-state index contributed by atoms with van der Waals surface area (Å²) in [5.41, 5.74) is 4.08. The average molecular weight is 310 g/mol. The van der Waals surface area contributed by atoms with Gasteiger partial charge in [-0.3, -0.25) is 4.79 Å². The van der Waals surface area contributed by atoms with Gasteiger partial charge in [0.25, 0.3) is 5.91 Å². The van der Waals surface area contributed by atoms with E-state index in [-0.39, 0.29) is 5.91 Å². The molecule has 1 aromatic heterocycles. The van der Waals surface area contributed by atoms with Gasteiger partial charge in [-0.15, -0.1) is 0 Å². The smallest absolute Gasteiger partial charge is 0.272 e. The highest BCUT2D eigenvalue weighted by molar-refractivity contribution is 5.92. The molecular formula is C19H22N2O2. The predicted octanol–water partition coefficient (Wildman–Crippen LogP) is 2.89. The summed E-state index contributed by atoms with van der Waals surface area (Å²) in [4.78, 5) is 19.1. The molecule has 0 unspecified atom stereocenters. The quantitative estimate of drug-likeness (QED) is 0.875. The fraction of sp³-hybridized carbons (Fsp3) is 0.368. The number of aromatic nitrogens is 1. The van der Waals surface area contributed by atoms with Crippen molar-refractivity contribution in [2.45, 2.75) is 26.2 Å². The Hall–Kier alpha value is -2.36. The van der Waals surface area contributed by atoms with Crippen molar-refractivity contribution < 1.29 is 9.53 Å². The number of carbonyl (C=O) groups excluding carboxylic acids is 1. The van der Waals surface area contributed by atoms with Gasteiger partial charge in [0, 0.05) is 18.8 Å². The first-order valence-electron chi connectivity index (χ1n) is 8.12. The Morgan fingerprint density at radius 2 is 1.96 bits per heavy atom. The number of carbonyl (C=O) groups is 1. The van der Waals surface area contributed by atoms with Gasteiger partial charge in [0.05, 0.1) is 7.11 Å². The van der Waals surface area contributed by atoms with Crippen molar-refractivity contribution in [3.63, 3.8) is 0 Å². The van der Waals surface area contributed by atoms with Crippen LogP contribution in [0.3, 0.4) is 0 Å². The number of hydrogen-bond donors (Lipinski definition) is 0. The second-order valence-corrected chi connectivity index (χ2v) is 5.79. The minimum Gasteiger partial charge on any atom is -0.497 e. The molecular weight excluding hydrogens is 288 g/mol. The maximum atomic E-state index is 12.7. The number of nitrogens with zero attached hydrogens (tertiary/aromatic N) is 2. The molecule has 0 fully saturated rings. The highest BCUT2D eigenvalue weighted by Crippen LogP contribution is 2.22. The molecule has 23 heavy (non-hydrogen) atoms. The summed E-state index contributed by atoms with van der Waals surface area (Å²) in [5, 5.41) is 0. The molecule has 0 saturated carbocycles. The van der Waals surface area contributed by atoms with Crippen molar-refractivity contribution in [3.8, 4) is 5.75 Å². The Balaban J connectivity index is 1.77. The van der Waals surface area contributed by atoms with E-state index in [4.69, 9.17) is 4.74 Å². The van der Waals surface area contributed by atoms with Crippen LogP contribution in [0.15, 0.2) is 36.4 Å². The molecule has 1 aliphatic heterocycles. The number of benzene rings is 1. The van der Waals surface area contributed by atoms with Gasteiger partial charge in [0.2, 0.25) is 0 Å². The van der Waals surface area contributed by atoms with E-state index < -0.39 is 0 Å². The molecule has 2 heterocycles. The number of fused-ring (bicyclic) bond motifs is 1. The molecule has 4 heteroatoms. The van der Waals surface area contributed by atoms with Crippen molar-refractivity contribution in [1.82, 2.24) is 9.88 Å². The number of pyridine rings is 1. The summed E-state index contributed by atoms with van der Waals surface area (Å²) in [6.45, 7) is 3.50. The molecule has 0 spiro atoms. The Bertz CT molecular complexity index is 712. The number of methoxy groups -OCH3 is 1. The lowest BCUT2D eigenvalue weighted by atomic mass is 10.0. The first-order chi connectivity index (χ1) is 11.2. The molecule has 1 aliphatic rings. The third-order valence-electron chi connectivity index (χ3n) is 4.39. The zero-order chi connectivity index (χ0) is 16.2. The largest absolute Gasteiger partial charge is 0.497 e. The number of ether oxygens (including phenoxy) is 1. The predicted molar refractivity (Wildman–Crippen MR) is 89.9 cm³/mol. The Labute approximate surface area is 137 Å². The molecule has 1 amide bonds. The number of rotatable bonds is 3. The van der Waals surface area contributed by atoms with Crippen molar-refractivity contribution in [2.75, 3.05) is 20.2 Å². The van der Waals surface area contributed by atoms with E-state index in [0.717, 1.165) is 43.8 Å². The van der Waals surface area contributed by atoms with Crippen LogP contribution in [0.5, 0.6) is 5.75 Å². The van der Waals surface area contributed by atoms with Gasteiger partial charge in [-0.2, -0.15) is 0 Å². The molecule has 1 aromatic carbocycles. The number of hydrogen-bond acceptors (Lipinski definition) is 3. The molecule has 0 atom stereocenters. The van der Waals surface area contributed by atoms with Crippen molar-refractivity contribution in [1.29, 1.82) is 0 Å². The van der Waals surface area contributed by atoms with Crippen LogP contribution in [0.1, 0.15) is 34.2 Å². The van der Waals surface area contributed by atoms with Crippen LogP contribution in [-0.4, -0.2) is 36.0 Å². The van der Waals surface area contributed by atoms with Gasteiger partial charge in [-0.1, -0.05) is 19.1 Å². The van der Waals surface area contributed by atoms with Gasteiger partial charge < -0.3 is 9.64 Å². The van der Waals surface area contributed by atoms with Crippen LogP contribution in [0.4, 0.5) is 0 Å². The van der Waals surface area contributed by atoms with Gasteiger partial charge in [0.15, 0.2) is 0 Å². The Morgan fingerprint density at radius 3 is 2.70 bits per heavy atom. The summed E-state index contributed by atoms with van der Waals surface area (Å²) in [6.07, 6.45) is 2.57. The van der Waals surface area contributed by atoms with Crippen LogP contribution in [0, 0.1) is 0 Å². The van der Waals surface area contributed by atoms with Crippen molar-refractivity contribution in [3.05, 3.63) is 58.9 Å². The summed E-state index contributed by atoms with van der Waals surface area (Å²) in [7, 11) is 1.68. The second-order valence-electron chi connectivity index (χ2n) is 5.79. The molecule has 0 N–H and O–H groups in total. The second kappa shape index (κ2) is 6.82. The monoisotopic (exact) mass is 310 g/mol. The lowest BCUT2D eigenvalue weighted by Gasteiger charge is -2.20. The van der Waals surface area contributed by atoms with Gasteiger partial charge in [-0.25, -0.2) is 4.98 Å². The van der Waals surface area contributed by atoms with Crippen LogP contribution in [-0.2, 0) is 19.3 Å². The maximum absolute atomic E-state index is 12.7. The summed E-state index contributed by atoms with van der Waals surface area (Å²) < 4.78 is 5.30. The molecule has 3 rings (SSSR count). The highest BCUT2D eigenvalue weighted by atomic mass is 16.5. The normalized spacial score (nSPS) is 14.1. The third kappa shape index (κ3) is 3.36. The van der Waals surface area contributed by atoms with E-state index in [9.17, 15) is 4.79 Å². The third-order valence-corrected chi connectivity index (χ3v) is 4.39. The number of aryl methyl sites for hydroxylation is 1. The van der Waals surface area contributed by atoms with Crippen molar-refractivity contribution in [2.24, 2.45) is 0 Å². The van der Waals surface area contributed by atoms with Gasteiger partial charge in [0.1, 0.15) is 11.4 Å². The van der Waals surface area contributed by atoms with Crippen LogP contribution < -0.4 is 4.74 Å². The SMILES string of the molecule is CCc1cccc(C(=O)N2CCc3ccc(OC)cc3CC2)n1. The summed E-state index contributed by atoms with van der Waals surface area (Å²) in [5.74, 6) is 0.904. The Kier molecular flexibility index (Phi) is 4.60. The van der Waals surface area contributed by atoms with E-state index >= 15 is 0 Å². The van der Waals surface area contributed by atoms with E-state index in [1.807, 2.05) is 36.1 Å². The first kappa shape index (κ1) is 15.5. The molecule has 0 saturated heterocycles. The van der Waals surface area contributed by atoms with Gasteiger partial charge >= 0.3 is 0 Å². The minimum absolute atomic E-state index is 0.0278. The summed E-state index contributed by atoms with van der Waals surface area (Å²) >= 11 is 0. The van der Waals surface area contributed by atoms with Crippen LogP contribution in [0.25, 0.3) is 0 Å².